The molecule has 2 amide bonds. The summed E-state index contributed by atoms with van der Waals surface area (Å²) < 4.78 is 5.39. The lowest BCUT2D eigenvalue weighted by Gasteiger charge is -2.20. The van der Waals surface area contributed by atoms with E-state index < -0.39 is 0 Å². The van der Waals surface area contributed by atoms with Crippen molar-refractivity contribution in [2.24, 2.45) is 0 Å². The molecule has 0 unspecified atom stereocenters. The maximum absolute atomic E-state index is 13.1. The standard InChI is InChI=1S/C22H25ClN4O3S/c1-3-9-24-20(28)8-10-27(13-17-5-4-11-30-17)21(29)19-14-31-22(26-19)25-18-12-16(23)7-6-15(18)2/h4-7,11-12,14H,3,8-10,13H2,1-2H3,(H,24,28)(H,25,26). The van der Waals surface area contributed by atoms with Crippen LogP contribution in [0.15, 0.2) is 46.4 Å². The summed E-state index contributed by atoms with van der Waals surface area (Å²) in [4.78, 5) is 31.2. The van der Waals surface area contributed by atoms with E-state index in [1.807, 2.05) is 32.0 Å². The molecule has 31 heavy (non-hydrogen) atoms. The summed E-state index contributed by atoms with van der Waals surface area (Å²) in [7, 11) is 0. The molecule has 0 saturated carbocycles. The molecule has 2 aromatic heterocycles. The molecule has 3 rings (SSSR count). The van der Waals surface area contributed by atoms with Gasteiger partial charge in [0, 0.05) is 35.6 Å². The van der Waals surface area contributed by atoms with Gasteiger partial charge in [-0.25, -0.2) is 4.98 Å². The number of hydrogen-bond donors (Lipinski definition) is 2. The van der Waals surface area contributed by atoms with E-state index in [0.717, 1.165) is 17.7 Å². The van der Waals surface area contributed by atoms with Gasteiger partial charge < -0.3 is 20.0 Å². The van der Waals surface area contributed by atoms with Gasteiger partial charge in [-0.3, -0.25) is 9.59 Å². The lowest BCUT2D eigenvalue weighted by atomic mass is 10.2. The van der Waals surface area contributed by atoms with Gasteiger partial charge in [0.15, 0.2) is 5.13 Å². The van der Waals surface area contributed by atoms with Crippen LogP contribution >= 0.6 is 22.9 Å². The van der Waals surface area contributed by atoms with E-state index in [0.29, 0.717) is 28.2 Å². The Morgan fingerprint density at radius 2 is 2.13 bits per heavy atom. The average molecular weight is 461 g/mol. The Balaban J connectivity index is 1.71. The predicted octanol–water partition coefficient (Wildman–Crippen LogP) is 5.00. The van der Waals surface area contributed by atoms with Crippen LogP contribution in [0.4, 0.5) is 10.8 Å². The zero-order chi connectivity index (χ0) is 22.2. The second-order valence-electron chi connectivity index (χ2n) is 7.03. The fraction of sp³-hybridized carbons (Fsp3) is 0.318. The predicted molar refractivity (Wildman–Crippen MR) is 123 cm³/mol. The number of benzene rings is 1. The number of carbonyl (C=O) groups is 2. The summed E-state index contributed by atoms with van der Waals surface area (Å²) in [6, 6.07) is 9.12. The topological polar surface area (TPSA) is 87.5 Å². The molecule has 0 radical (unpaired) electrons. The molecule has 2 N–H and O–H groups in total. The monoisotopic (exact) mass is 460 g/mol. The number of aryl methyl sites for hydroxylation is 1. The summed E-state index contributed by atoms with van der Waals surface area (Å²) >= 11 is 7.41. The second kappa shape index (κ2) is 11.0. The van der Waals surface area contributed by atoms with E-state index in [-0.39, 0.29) is 31.3 Å². The normalized spacial score (nSPS) is 10.7. The van der Waals surface area contributed by atoms with Crippen molar-refractivity contribution in [3.05, 3.63) is 64.0 Å². The van der Waals surface area contributed by atoms with Crippen molar-refractivity contribution >= 4 is 45.6 Å². The van der Waals surface area contributed by atoms with Gasteiger partial charge in [-0.1, -0.05) is 24.6 Å². The number of anilines is 2. The Morgan fingerprint density at radius 1 is 1.29 bits per heavy atom. The van der Waals surface area contributed by atoms with Gasteiger partial charge in [-0.05, 0) is 43.2 Å². The number of halogens is 1. The highest BCUT2D eigenvalue weighted by molar-refractivity contribution is 7.14. The Labute approximate surface area is 190 Å². The van der Waals surface area contributed by atoms with E-state index in [4.69, 9.17) is 16.0 Å². The molecular weight excluding hydrogens is 436 g/mol. The number of aromatic nitrogens is 1. The molecule has 1 aromatic carbocycles. The molecule has 0 atom stereocenters. The lowest BCUT2D eigenvalue weighted by molar-refractivity contribution is -0.121. The molecular formula is C22H25ClN4O3S. The van der Waals surface area contributed by atoms with Gasteiger partial charge in [-0.15, -0.1) is 11.3 Å². The maximum Gasteiger partial charge on any atom is 0.273 e. The Hall–Kier alpha value is -2.84. The molecule has 164 valence electrons. The van der Waals surface area contributed by atoms with Gasteiger partial charge in [0.2, 0.25) is 5.91 Å². The summed E-state index contributed by atoms with van der Waals surface area (Å²) in [6.45, 7) is 5.11. The van der Waals surface area contributed by atoms with Gasteiger partial charge in [-0.2, -0.15) is 0 Å². The summed E-state index contributed by atoms with van der Waals surface area (Å²) in [5, 5.41) is 8.96. The highest BCUT2D eigenvalue weighted by Crippen LogP contribution is 2.26. The van der Waals surface area contributed by atoms with Gasteiger partial charge in [0.1, 0.15) is 11.5 Å². The number of carbonyl (C=O) groups excluding carboxylic acids is 2. The number of rotatable bonds is 10. The minimum absolute atomic E-state index is 0.0869. The van der Waals surface area contributed by atoms with Crippen molar-refractivity contribution < 1.29 is 14.0 Å². The van der Waals surface area contributed by atoms with Gasteiger partial charge >= 0.3 is 0 Å². The fourth-order valence-electron chi connectivity index (χ4n) is 2.87. The van der Waals surface area contributed by atoms with Crippen LogP contribution in [0.25, 0.3) is 0 Å². The van der Waals surface area contributed by atoms with E-state index in [1.165, 1.54) is 11.3 Å². The average Bonchev–Trinajstić information content (AvgIpc) is 3.44. The zero-order valence-electron chi connectivity index (χ0n) is 17.5. The smallest absolute Gasteiger partial charge is 0.273 e. The highest BCUT2D eigenvalue weighted by Gasteiger charge is 2.21. The van der Waals surface area contributed by atoms with Crippen molar-refractivity contribution in [2.45, 2.75) is 33.2 Å². The molecule has 0 bridgehead atoms. The fourth-order valence-corrected chi connectivity index (χ4v) is 3.74. The first kappa shape index (κ1) is 22.8. The molecule has 0 aliphatic heterocycles. The quantitative estimate of drug-likeness (QED) is 0.444. The Kier molecular flexibility index (Phi) is 8.08. The third-order valence-corrected chi connectivity index (χ3v) is 5.55. The third-order valence-electron chi connectivity index (χ3n) is 4.56. The van der Waals surface area contributed by atoms with E-state index in [1.54, 1.807) is 28.7 Å². The number of nitrogens with one attached hydrogen (secondary N) is 2. The molecule has 7 nitrogen and oxygen atoms in total. The minimum atomic E-state index is -0.258. The van der Waals surface area contributed by atoms with Crippen LogP contribution in [-0.2, 0) is 11.3 Å². The van der Waals surface area contributed by atoms with Crippen LogP contribution in [0.1, 0.15) is 41.6 Å². The van der Waals surface area contributed by atoms with Crippen molar-refractivity contribution in [3.63, 3.8) is 0 Å². The van der Waals surface area contributed by atoms with E-state index in [2.05, 4.69) is 15.6 Å². The largest absolute Gasteiger partial charge is 0.467 e. The number of furan rings is 1. The molecule has 0 fully saturated rings. The van der Waals surface area contributed by atoms with Crippen LogP contribution in [-0.4, -0.2) is 34.8 Å². The maximum atomic E-state index is 13.1. The first-order valence-electron chi connectivity index (χ1n) is 10.0. The van der Waals surface area contributed by atoms with Gasteiger partial charge in [0.25, 0.3) is 5.91 Å². The van der Waals surface area contributed by atoms with E-state index >= 15 is 0 Å². The van der Waals surface area contributed by atoms with Crippen LogP contribution < -0.4 is 10.6 Å². The molecule has 3 aromatic rings. The van der Waals surface area contributed by atoms with Crippen LogP contribution in [0.2, 0.25) is 5.02 Å². The van der Waals surface area contributed by atoms with Crippen LogP contribution in [0, 0.1) is 6.92 Å². The number of hydrogen-bond acceptors (Lipinski definition) is 6. The van der Waals surface area contributed by atoms with Crippen molar-refractivity contribution in [3.8, 4) is 0 Å². The number of thiazole rings is 1. The first-order valence-corrected chi connectivity index (χ1v) is 11.3. The van der Waals surface area contributed by atoms with Crippen LogP contribution in [0.3, 0.4) is 0 Å². The summed E-state index contributed by atoms with van der Waals surface area (Å²) in [5.41, 5.74) is 2.17. The molecule has 0 saturated heterocycles. The second-order valence-corrected chi connectivity index (χ2v) is 8.32. The zero-order valence-corrected chi connectivity index (χ0v) is 19.1. The molecule has 0 aliphatic rings. The summed E-state index contributed by atoms with van der Waals surface area (Å²) in [6.07, 6.45) is 2.63. The SMILES string of the molecule is CCCNC(=O)CCN(Cc1ccco1)C(=O)c1csc(Nc2cc(Cl)ccc2C)n1. The molecule has 2 heterocycles. The van der Waals surface area contributed by atoms with Crippen molar-refractivity contribution in [1.29, 1.82) is 0 Å². The molecule has 9 heteroatoms. The third kappa shape index (κ3) is 6.57. The number of amides is 2. The minimum Gasteiger partial charge on any atom is -0.467 e. The molecule has 0 aliphatic carbocycles. The van der Waals surface area contributed by atoms with Crippen LogP contribution in [0.5, 0.6) is 0 Å². The van der Waals surface area contributed by atoms with Crippen molar-refractivity contribution in [1.82, 2.24) is 15.2 Å². The number of nitrogens with zero attached hydrogens (tertiary/aromatic N) is 2. The first-order chi connectivity index (χ1) is 15.0. The Morgan fingerprint density at radius 3 is 2.87 bits per heavy atom. The Bertz CT molecular complexity index is 1020. The lowest BCUT2D eigenvalue weighted by Crippen LogP contribution is -2.35. The highest BCUT2D eigenvalue weighted by atomic mass is 35.5. The molecule has 0 spiro atoms. The van der Waals surface area contributed by atoms with Gasteiger partial charge in [0.05, 0.1) is 12.8 Å². The van der Waals surface area contributed by atoms with Crippen molar-refractivity contribution in [2.75, 3.05) is 18.4 Å². The van der Waals surface area contributed by atoms with E-state index in [9.17, 15) is 9.59 Å². The summed E-state index contributed by atoms with van der Waals surface area (Å²) in [5.74, 6) is 0.299.